The number of halogens is 1. The summed E-state index contributed by atoms with van der Waals surface area (Å²) in [6, 6.07) is 0. The monoisotopic (exact) mass is 297 g/mol. The highest BCUT2D eigenvalue weighted by Gasteiger charge is 2.23. The molecule has 0 aromatic carbocycles. The number of aromatic nitrogens is 4. The lowest BCUT2D eigenvalue weighted by Crippen LogP contribution is -2.03. The maximum Gasteiger partial charge on any atom is 0.313 e. The zero-order chi connectivity index (χ0) is 12.6. The topological polar surface area (TPSA) is 86.7 Å². The van der Waals surface area contributed by atoms with E-state index in [2.05, 4.69) is 31.0 Å². The normalized spacial score (nSPS) is 10.5. The first kappa shape index (κ1) is 11.6. The van der Waals surface area contributed by atoms with Crippen LogP contribution in [0.2, 0.25) is 0 Å². The van der Waals surface area contributed by atoms with Crippen LogP contribution in [0.3, 0.4) is 0 Å². The van der Waals surface area contributed by atoms with E-state index in [0.717, 1.165) is 0 Å². The first-order valence-corrected chi connectivity index (χ1v) is 5.48. The molecule has 0 bridgehead atoms. The molecule has 0 atom stereocenters. The highest BCUT2D eigenvalue weighted by Crippen LogP contribution is 2.26. The van der Waals surface area contributed by atoms with Gasteiger partial charge in [-0.05, 0) is 29.8 Å². The molecule has 8 heteroatoms. The molecular formula is C9H8BrN5O2. The van der Waals surface area contributed by atoms with Gasteiger partial charge in [0.1, 0.15) is 17.7 Å². The largest absolute Gasteiger partial charge is 0.313 e. The Kier molecular flexibility index (Phi) is 2.88. The van der Waals surface area contributed by atoms with E-state index >= 15 is 0 Å². The van der Waals surface area contributed by atoms with Crippen molar-refractivity contribution in [2.45, 2.75) is 13.8 Å². The predicted octanol–water partition coefficient (Wildman–Crippen LogP) is 1.95. The van der Waals surface area contributed by atoms with Crippen molar-refractivity contribution in [2.24, 2.45) is 0 Å². The molecule has 0 aliphatic carbocycles. The van der Waals surface area contributed by atoms with Gasteiger partial charge in [0.2, 0.25) is 0 Å². The van der Waals surface area contributed by atoms with Crippen molar-refractivity contribution in [3.8, 4) is 5.82 Å². The van der Waals surface area contributed by atoms with Crippen LogP contribution >= 0.6 is 15.9 Å². The third-order valence-corrected chi connectivity index (χ3v) is 2.84. The lowest BCUT2D eigenvalue weighted by molar-refractivity contribution is -0.386. The Morgan fingerprint density at radius 3 is 2.71 bits per heavy atom. The summed E-state index contributed by atoms with van der Waals surface area (Å²) in [7, 11) is 0. The van der Waals surface area contributed by atoms with E-state index in [1.165, 1.54) is 11.0 Å². The molecular weight excluding hydrogens is 290 g/mol. The SMILES string of the molecule is Cc1nn(-c2ncncc2Br)c(C)c1[N+](=O)[O-]. The molecule has 0 spiro atoms. The average molecular weight is 298 g/mol. The van der Waals surface area contributed by atoms with E-state index in [0.29, 0.717) is 21.7 Å². The molecule has 2 heterocycles. The smallest absolute Gasteiger partial charge is 0.258 e. The molecule has 0 aliphatic rings. The predicted molar refractivity (Wildman–Crippen MR) is 63.0 cm³/mol. The van der Waals surface area contributed by atoms with E-state index in [1.54, 1.807) is 20.0 Å². The van der Waals surface area contributed by atoms with Crippen LogP contribution in [0, 0.1) is 24.0 Å². The lowest BCUT2D eigenvalue weighted by Gasteiger charge is -2.03. The van der Waals surface area contributed by atoms with Crippen LogP contribution in [-0.2, 0) is 0 Å². The molecule has 0 N–H and O–H groups in total. The van der Waals surface area contributed by atoms with Crippen LogP contribution in [0.5, 0.6) is 0 Å². The number of aryl methyl sites for hydroxylation is 1. The molecule has 2 rings (SSSR count). The summed E-state index contributed by atoms with van der Waals surface area (Å²) in [6.45, 7) is 3.23. The van der Waals surface area contributed by atoms with Crippen molar-refractivity contribution in [2.75, 3.05) is 0 Å². The quantitative estimate of drug-likeness (QED) is 0.624. The Morgan fingerprint density at radius 1 is 1.47 bits per heavy atom. The average Bonchev–Trinajstić information content (AvgIpc) is 2.55. The fourth-order valence-electron chi connectivity index (χ4n) is 1.57. The second-order valence-electron chi connectivity index (χ2n) is 3.38. The van der Waals surface area contributed by atoms with Crippen LogP contribution in [0.4, 0.5) is 5.69 Å². The summed E-state index contributed by atoms with van der Waals surface area (Å²) in [5, 5.41) is 15.0. The van der Waals surface area contributed by atoms with E-state index in [4.69, 9.17) is 0 Å². The fourth-order valence-corrected chi connectivity index (χ4v) is 1.96. The molecule has 2 aromatic rings. The summed E-state index contributed by atoms with van der Waals surface area (Å²) in [5.41, 5.74) is 0.806. The second-order valence-corrected chi connectivity index (χ2v) is 4.24. The molecule has 0 fully saturated rings. The minimum absolute atomic E-state index is 0.00973. The molecule has 0 saturated heterocycles. The van der Waals surface area contributed by atoms with Crippen molar-refractivity contribution in [1.29, 1.82) is 0 Å². The van der Waals surface area contributed by atoms with Gasteiger partial charge in [-0.15, -0.1) is 0 Å². The maximum absolute atomic E-state index is 10.9. The molecule has 88 valence electrons. The van der Waals surface area contributed by atoms with Crippen molar-refractivity contribution < 1.29 is 4.92 Å². The number of nitrogens with zero attached hydrogens (tertiary/aromatic N) is 5. The number of nitro groups is 1. The van der Waals surface area contributed by atoms with Gasteiger partial charge in [0, 0.05) is 6.20 Å². The molecule has 2 aromatic heterocycles. The van der Waals surface area contributed by atoms with Crippen molar-refractivity contribution in [3.05, 3.63) is 38.5 Å². The molecule has 0 radical (unpaired) electrons. The third-order valence-electron chi connectivity index (χ3n) is 2.28. The van der Waals surface area contributed by atoms with Crippen LogP contribution in [-0.4, -0.2) is 24.7 Å². The van der Waals surface area contributed by atoms with Gasteiger partial charge in [-0.1, -0.05) is 0 Å². The lowest BCUT2D eigenvalue weighted by atomic mass is 10.3. The van der Waals surface area contributed by atoms with Crippen LogP contribution in [0.1, 0.15) is 11.4 Å². The third kappa shape index (κ3) is 1.91. The van der Waals surface area contributed by atoms with E-state index in [9.17, 15) is 10.1 Å². The Labute approximate surface area is 105 Å². The summed E-state index contributed by atoms with van der Waals surface area (Å²) in [4.78, 5) is 18.3. The van der Waals surface area contributed by atoms with Crippen molar-refractivity contribution in [3.63, 3.8) is 0 Å². The summed E-state index contributed by atoms with van der Waals surface area (Å²) in [6.07, 6.45) is 2.92. The summed E-state index contributed by atoms with van der Waals surface area (Å²) in [5.74, 6) is 0.480. The van der Waals surface area contributed by atoms with Crippen LogP contribution in [0.15, 0.2) is 17.0 Å². The van der Waals surface area contributed by atoms with Gasteiger partial charge in [-0.2, -0.15) is 5.10 Å². The first-order chi connectivity index (χ1) is 8.02. The number of rotatable bonds is 2. The Hall–Kier alpha value is -1.83. The summed E-state index contributed by atoms with van der Waals surface area (Å²) < 4.78 is 2.06. The van der Waals surface area contributed by atoms with E-state index in [-0.39, 0.29) is 5.69 Å². The van der Waals surface area contributed by atoms with Gasteiger partial charge >= 0.3 is 5.69 Å². The van der Waals surface area contributed by atoms with Gasteiger partial charge in [-0.25, -0.2) is 14.6 Å². The van der Waals surface area contributed by atoms with Crippen molar-refractivity contribution in [1.82, 2.24) is 19.7 Å². The van der Waals surface area contributed by atoms with Crippen LogP contribution < -0.4 is 0 Å². The molecule has 0 saturated carbocycles. The minimum atomic E-state index is -0.441. The molecule has 0 unspecified atom stereocenters. The number of hydrogen-bond acceptors (Lipinski definition) is 5. The molecule has 17 heavy (non-hydrogen) atoms. The van der Waals surface area contributed by atoms with Gasteiger partial charge in [0.05, 0.1) is 9.40 Å². The van der Waals surface area contributed by atoms with Gasteiger partial charge in [0.15, 0.2) is 5.82 Å². The fraction of sp³-hybridized carbons (Fsp3) is 0.222. The van der Waals surface area contributed by atoms with E-state index < -0.39 is 4.92 Å². The Balaban J connectivity index is 2.66. The highest BCUT2D eigenvalue weighted by atomic mass is 79.9. The number of hydrogen-bond donors (Lipinski definition) is 0. The second kappa shape index (κ2) is 4.21. The van der Waals surface area contributed by atoms with Crippen LogP contribution in [0.25, 0.3) is 5.82 Å². The maximum atomic E-state index is 10.9. The Bertz CT molecular complexity index is 595. The minimum Gasteiger partial charge on any atom is -0.258 e. The van der Waals surface area contributed by atoms with E-state index in [1.807, 2.05) is 0 Å². The standard InChI is InChI=1S/C9H8BrN5O2/c1-5-8(15(16)17)6(2)14(13-5)9-7(10)3-11-4-12-9/h3-4H,1-2H3. The van der Waals surface area contributed by atoms with Gasteiger partial charge in [0.25, 0.3) is 0 Å². The van der Waals surface area contributed by atoms with Gasteiger partial charge in [-0.3, -0.25) is 10.1 Å². The zero-order valence-corrected chi connectivity index (χ0v) is 10.7. The highest BCUT2D eigenvalue weighted by molar-refractivity contribution is 9.10. The molecule has 7 nitrogen and oxygen atoms in total. The van der Waals surface area contributed by atoms with Crippen molar-refractivity contribution >= 4 is 21.6 Å². The molecule has 0 amide bonds. The molecule has 0 aliphatic heterocycles. The zero-order valence-electron chi connectivity index (χ0n) is 9.09. The summed E-state index contributed by atoms with van der Waals surface area (Å²) >= 11 is 3.28. The first-order valence-electron chi connectivity index (χ1n) is 4.69. The Morgan fingerprint density at radius 2 is 2.18 bits per heavy atom. The van der Waals surface area contributed by atoms with Gasteiger partial charge < -0.3 is 0 Å².